The van der Waals surface area contributed by atoms with Crippen LogP contribution in [0.1, 0.15) is 34.8 Å². The molecule has 1 aromatic rings. The quantitative estimate of drug-likeness (QED) is 0.637. The molecule has 5 heteroatoms. The number of esters is 1. The minimum atomic E-state index is -0.908. The lowest BCUT2D eigenvalue weighted by molar-refractivity contribution is -0.136. The Morgan fingerprint density at radius 2 is 2.11 bits per heavy atom. The number of carbonyl (C=O) groups excluding carboxylic acids is 1. The normalized spacial score (nSPS) is 10.1. The molecule has 0 atom stereocenters. The molecule has 1 aromatic carbocycles. The SMILES string of the molecule is CCOC(=O)c1cccc(CCl)c1CCC(=O)O. The van der Waals surface area contributed by atoms with Crippen LogP contribution in [0, 0.1) is 0 Å². The predicted octanol–water partition coefficient (Wildman–Crippen LogP) is 2.62. The fourth-order valence-electron chi connectivity index (χ4n) is 1.69. The average molecular weight is 271 g/mol. The summed E-state index contributed by atoms with van der Waals surface area (Å²) in [4.78, 5) is 22.4. The number of hydrogen-bond acceptors (Lipinski definition) is 3. The van der Waals surface area contributed by atoms with Crippen LogP contribution in [0.4, 0.5) is 0 Å². The zero-order chi connectivity index (χ0) is 13.5. The van der Waals surface area contributed by atoms with E-state index in [2.05, 4.69) is 0 Å². The molecule has 0 saturated heterocycles. The van der Waals surface area contributed by atoms with Gasteiger partial charge in [-0.2, -0.15) is 0 Å². The summed E-state index contributed by atoms with van der Waals surface area (Å²) in [6.07, 6.45) is 0.229. The molecule has 0 saturated carbocycles. The highest BCUT2D eigenvalue weighted by Crippen LogP contribution is 2.20. The van der Waals surface area contributed by atoms with Crippen LogP contribution in [0.25, 0.3) is 0 Å². The minimum Gasteiger partial charge on any atom is -0.481 e. The molecule has 18 heavy (non-hydrogen) atoms. The number of carboxylic acid groups (broad SMARTS) is 1. The topological polar surface area (TPSA) is 63.6 Å². The Hall–Kier alpha value is -1.55. The first-order chi connectivity index (χ1) is 8.60. The number of carbonyl (C=O) groups is 2. The van der Waals surface area contributed by atoms with E-state index in [1.807, 2.05) is 0 Å². The Kier molecular flexibility index (Phi) is 5.65. The maximum absolute atomic E-state index is 11.8. The third-order valence-corrected chi connectivity index (χ3v) is 2.79. The van der Waals surface area contributed by atoms with Gasteiger partial charge in [0.15, 0.2) is 0 Å². The Morgan fingerprint density at radius 3 is 2.67 bits per heavy atom. The van der Waals surface area contributed by atoms with Crippen LogP contribution < -0.4 is 0 Å². The van der Waals surface area contributed by atoms with Crippen LogP contribution in [-0.4, -0.2) is 23.7 Å². The van der Waals surface area contributed by atoms with Gasteiger partial charge in [-0.1, -0.05) is 12.1 Å². The summed E-state index contributed by atoms with van der Waals surface area (Å²) < 4.78 is 4.95. The summed E-state index contributed by atoms with van der Waals surface area (Å²) in [5.74, 6) is -1.11. The third-order valence-electron chi connectivity index (χ3n) is 2.50. The van der Waals surface area contributed by atoms with Gasteiger partial charge in [-0.25, -0.2) is 4.79 Å². The highest BCUT2D eigenvalue weighted by Gasteiger charge is 2.16. The summed E-state index contributed by atoms with van der Waals surface area (Å²) in [7, 11) is 0. The summed E-state index contributed by atoms with van der Waals surface area (Å²) >= 11 is 5.80. The van der Waals surface area contributed by atoms with E-state index in [-0.39, 0.29) is 25.3 Å². The number of halogens is 1. The second-order valence-corrected chi connectivity index (χ2v) is 3.96. The fourth-order valence-corrected chi connectivity index (χ4v) is 1.94. The molecule has 1 N–H and O–H groups in total. The van der Waals surface area contributed by atoms with Gasteiger partial charge in [0, 0.05) is 12.3 Å². The van der Waals surface area contributed by atoms with Crippen molar-refractivity contribution in [3.05, 3.63) is 34.9 Å². The van der Waals surface area contributed by atoms with Gasteiger partial charge in [-0.15, -0.1) is 11.6 Å². The highest BCUT2D eigenvalue weighted by atomic mass is 35.5. The number of ether oxygens (including phenoxy) is 1. The zero-order valence-corrected chi connectivity index (χ0v) is 10.9. The first-order valence-corrected chi connectivity index (χ1v) is 6.19. The molecule has 4 nitrogen and oxygen atoms in total. The van der Waals surface area contributed by atoms with Gasteiger partial charge in [0.25, 0.3) is 0 Å². The van der Waals surface area contributed by atoms with Crippen molar-refractivity contribution in [1.29, 1.82) is 0 Å². The van der Waals surface area contributed by atoms with Crippen molar-refractivity contribution >= 4 is 23.5 Å². The molecular formula is C13H15ClO4. The van der Waals surface area contributed by atoms with Gasteiger partial charge in [0.2, 0.25) is 0 Å². The van der Waals surface area contributed by atoms with Crippen molar-refractivity contribution in [1.82, 2.24) is 0 Å². The van der Waals surface area contributed by atoms with Crippen LogP contribution in [0.5, 0.6) is 0 Å². The molecule has 0 heterocycles. The Bertz CT molecular complexity index is 443. The highest BCUT2D eigenvalue weighted by molar-refractivity contribution is 6.17. The van der Waals surface area contributed by atoms with E-state index in [9.17, 15) is 9.59 Å². The predicted molar refractivity (Wildman–Crippen MR) is 67.9 cm³/mol. The first kappa shape index (κ1) is 14.5. The van der Waals surface area contributed by atoms with Crippen molar-refractivity contribution in [2.75, 3.05) is 6.61 Å². The second-order valence-electron chi connectivity index (χ2n) is 3.69. The zero-order valence-electron chi connectivity index (χ0n) is 10.1. The van der Waals surface area contributed by atoms with Crippen molar-refractivity contribution < 1.29 is 19.4 Å². The molecule has 0 aliphatic heterocycles. The third kappa shape index (κ3) is 3.74. The lowest BCUT2D eigenvalue weighted by atomic mass is 9.97. The summed E-state index contributed by atoms with van der Waals surface area (Å²) in [6, 6.07) is 5.13. The second kappa shape index (κ2) is 7.01. The maximum Gasteiger partial charge on any atom is 0.338 e. The van der Waals surface area contributed by atoms with E-state index in [0.717, 1.165) is 5.56 Å². The molecule has 0 aromatic heterocycles. The van der Waals surface area contributed by atoms with Gasteiger partial charge in [0.05, 0.1) is 12.2 Å². The smallest absolute Gasteiger partial charge is 0.338 e. The van der Waals surface area contributed by atoms with E-state index < -0.39 is 11.9 Å². The molecule has 1 rings (SSSR count). The minimum absolute atomic E-state index is 0.0414. The molecule has 0 spiro atoms. The van der Waals surface area contributed by atoms with Crippen LogP contribution in [-0.2, 0) is 21.8 Å². The lowest BCUT2D eigenvalue weighted by Gasteiger charge is -2.11. The molecular weight excluding hydrogens is 256 g/mol. The number of benzene rings is 1. The number of hydrogen-bond donors (Lipinski definition) is 1. The molecule has 0 aliphatic carbocycles. The maximum atomic E-state index is 11.8. The summed E-state index contributed by atoms with van der Waals surface area (Å²) in [6.45, 7) is 2.00. The number of carboxylic acids is 1. The molecule has 0 radical (unpaired) electrons. The monoisotopic (exact) mass is 270 g/mol. The van der Waals surface area contributed by atoms with Crippen LogP contribution >= 0.6 is 11.6 Å². The van der Waals surface area contributed by atoms with Gasteiger partial charge < -0.3 is 9.84 Å². The van der Waals surface area contributed by atoms with E-state index in [1.54, 1.807) is 25.1 Å². The van der Waals surface area contributed by atoms with Gasteiger partial charge in [-0.05, 0) is 30.5 Å². The van der Waals surface area contributed by atoms with E-state index in [1.165, 1.54) is 0 Å². The van der Waals surface area contributed by atoms with Crippen LogP contribution in [0.3, 0.4) is 0 Å². The van der Waals surface area contributed by atoms with Crippen molar-refractivity contribution in [2.45, 2.75) is 25.6 Å². The van der Waals surface area contributed by atoms with Crippen molar-refractivity contribution in [3.63, 3.8) is 0 Å². The van der Waals surface area contributed by atoms with Crippen molar-refractivity contribution in [2.24, 2.45) is 0 Å². The first-order valence-electron chi connectivity index (χ1n) is 5.65. The molecule has 0 aliphatic rings. The average Bonchev–Trinajstić information content (AvgIpc) is 2.36. The number of rotatable bonds is 6. The Balaban J connectivity index is 3.07. The summed E-state index contributed by atoms with van der Waals surface area (Å²) in [5.41, 5.74) is 1.83. The number of aliphatic carboxylic acids is 1. The molecule has 0 fully saturated rings. The molecule has 0 amide bonds. The molecule has 98 valence electrons. The van der Waals surface area contributed by atoms with Gasteiger partial charge >= 0.3 is 11.9 Å². The number of alkyl halides is 1. The van der Waals surface area contributed by atoms with Gasteiger partial charge in [0.1, 0.15) is 0 Å². The van der Waals surface area contributed by atoms with Crippen LogP contribution in [0.2, 0.25) is 0 Å². The molecule has 0 unspecified atom stereocenters. The summed E-state index contributed by atoms with van der Waals surface area (Å²) in [5, 5.41) is 8.72. The van der Waals surface area contributed by atoms with Crippen LogP contribution in [0.15, 0.2) is 18.2 Å². The van der Waals surface area contributed by atoms with E-state index >= 15 is 0 Å². The van der Waals surface area contributed by atoms with Gasteiger partial charge in [-0.3, -0.25) is 4.79 Å². The molecule has 0 bridgehead atoms. The Morgan fingerprint density at radius 1 is 1.39 bits per heavy atom. The fraction of sp³-hybridized carbons (Fsp3) is 0.385. The largest absolute Gasteiger partial charge is 0.481 e. The lowest BCUT2D eigenvalue weighted by Crippen LogP contribution is -2.11. The standard InChI is InChI=1S/C13H15ClO4/c1-2-18-13(17)11-5-3-4-9(8-14)10(11)6-7-12(15)16/h3-5H,2,6-8H2,1H3,(H,15,16). The Labute approximate surface area is 111 Å². The van der Waals surface area contributed by atoms with E-state index in [0.29, 0.717) is 11.1 Å². The van der Waals surface area contributed by atoms with E-state index in [4.69, 9.17) is 21.4 Å². The van der Waals surface area contributed by atoms with Crippen molar-refractivity contribution in [3.8, 4) is 0 Å².